The Morgan fingerprint density at radius 2 is 1.95 bits per heavy atom. The highest BCUT2D eigenvalue weighted by atomic mass is 35.5. The topological polar surface area (TPSA) is 28.7 Å². The van der Waals surface area contributed by atoms with E-state index in [0.717, 1.165) is 18.7 Å². The molecule has 0 amide bonds. The minimum absolute atomic E-state index is 0. The van der Waals surface area contributed by atoms with Crippen LogP contribution in [-0.4, -0.2) is 30.4 Å². The smallest absolute Gasteiger partial charge is 0.116 e. The molecule has 1 atom stereocenters. The summed E-state index contributed by atoms with van der Waals surface area (Å²) in [7, 11) is 0. The van der Waals surface area contributed by atoms with Crippen molar-refractivity contribution >= 4 is 29.0 Å². The van der Waals surface area contributed by atoms with Gasteiger partial charge < -0.3 is 9.32 Å². The van der Waals surface area contributed by atoms with Gasteiger partial charge >= 0.3 is 0 Å². The molecule has 1 aromatic heterocycles. The van der Waals surface area contributed by atoms with E-state index in [1.54, 1.807) is 0 Å². The van der Waals surface area contributed by atoms with Gasteiger partial charge in [-0.3, -0.25) is 4.99 Å². The quantitative estimate of drug-likeness (QED) is 0.798. The first-order valence-corrected chi connectivity index (χ1v) is 7.16. The molecule has 3 nitrogen and oxygen atoms in total. The number of likely N-dealkylation sites (tertiary alicyclic amines) is 1. The molecule has 2 aliphatic heterocycles. The van der Waals surface area contributed by atoms with Crippen LogP contribution >= 0.6 is 12.4 Å². The van der Waals surface area contributed by atoms with E-state index in [-0.39, 0.29) is 12.4 Å². The molecule has 4 rings (SSSR count). The van der Waals surface area contributed by atoms with Crippen LogP contribution in [0.5, 0.6) is 0 Å². The molecule has 0 N–H and O–H groups in total. The normalized spacial score (nSPS) is 22.1. The second-order valence-electron chi connectivity index (χ2n) is 5.54. The fourth-order valence-electron chi connectivity index (χ4n) is 3.28. The van der Waals surface area contributed by atoms with Gasteiger partial charge in [0.1, 0.15) is 5.76 Å². The van der Waals surface area contributed by atoms with Gasteiger partial charge in [0.25, 0.3) is 0 Å². The molecule has 0 spiro atoms. The molecule has 106 valence electrons. The number of amidine groups is 1. The monoisotopic (exact) mass is 290 g/mol. The van der Waals surface area contributed by atoms with Crippen LogP contribution in [0.1, 0.15) is 30.9 Å². The molecule has 2 aromatic rings. The van der Waals surface area contributed by atoms with E-state index in [9.17, 15) is 0 Å². The van der Waals surface area contributed by atoms with Crippen LogP contribution in [0.15, 0.2) is 39.9 Å². The van der Waals surface area contributed by atoms with Crippen LogP contribution < -0.4 is 0 Å². The number of furan rings is 1. The Hall–Kier alpha value is -1.48. The standard InChI is InChI=1S/C16H18N2O.ClH/c1-2-6-14-12(5-1)11-19-16(14)13-9-15(17-10-13)18-7-3-4-8-18;/h1-2,5-6,11,13H,3-4,7-10H2;1H. The summed E-state index contributed by atoms with van der Waals surface area (Å²) in [4.78, 5) is 7.19. The van der Waals surface area contributed by atoms with Gasteiger partial charge in [0.15, 0.2) is 0 Å². The van der Waals surface area contributed by atoms with E-state index in [0.29, 0.717) is 5.92 Å². The Balaban J connectivity index is 0.00000121. The lowest BCUT2D eigenvalue weighted by molar-refractivity contribution is 0.472. The first-order chi connectivity index (χ1) is 9.42. The third kappa shape index (κ3) is 2.20. The predicted octanol–water partition coefficient (Wildman–Crippen LogP) is 3.84. The maximum Gasteiger partial charge on any atom is 0.116 e. The molecular formula is C16H19ClN2O. The summed E-state index contributed by atoms with van der Waals surface area (Å²) >= 11 is 0. The Morgan fingerprint density at radius 1 is 1.15 bits per heavy atom. The van der Waals surface area contributed by atoms with E-state index >= 15 is 0 Å². The molecule has 0 radical (unpaired) electrons. The number of halogens is 1. The van der Waals surface area contributed by atoms with Gasteiger partial charge in [-0.1, -0.05) is 24.3 Å². The maximum absolute atomic E-state index is 5.82. The lowest BCUT2D eigenvalue weighted by atomic mass is 10.0. The molecule has 1 fully saturated rings. The van der Waals surface area contributed by atoms with E-state index in [4.69, 9.17) is 9.41 Å². The van der Waals surface area contributed by atoms with Crippen molar-refractivity contribution in [3.8, 4) is 0 Å². The second kappa shape index (κ2) is 5.49. The first-order valence-electron chi connectivity index (χ1n) is 7.16. The average molecular weight is 291 g/mol. The SMILES string of the molecule is Cl.c1ccc2c(C3CN=C(N4CCCC4)C3)occ2c1. The molecule has 0 saturated carbocycles. The Morgan fingerprint density at radius 3 is 2.80 bits per heavy atom. The van der Waals surface area contributed by atoms with Crippen LogP contribution in [-0.2, 0) is 0 Å². The van der Waals surface area contributed by atoms with Gasteiger partial charge in [-0.15, -0.1) is 12.4 Å². The van der Waals surface area contributed by atoms with E-state index < -0.39 is 0 Å². The lowest BCUT2D eigenvalue weighted by Crippen LogP contribution is -2.26. The van der Waals surface area contributed by atoms with Gasteiger partial charge in [0.05, 0.1) is 18.6 Å². The highest BCUT2D eigenvalue weighted by Crippen LogP contribution is 2.33. The number of rotatable bonds is 1. The first kappa shape index (κ1) is 13.5. The van der Waals surface area contributed by atoms with Gasteiger partial charge in [-0.25, -0.2) is 0 Å². The van der Waals surface area contributed by atoms with Crippen molar-refractivity contribution < 1.29 is 4.42 Å². The molecule has 1 saturated heterocycles. The van der Waals surface area contributed by atoms with E-state index in [1.165, 1.54) is 42.5 Å². The van der Waals surface area contributed by atoms with E-state index in [2.05, 4.69) is 29.2 Å². The fourth-order valence-corrected chi connectivity index (χ4v) is 3.28. The van der Waals surface area contributed by atoms with Crippen LogP contribution in [0.4, 0.5) is 0 Å². The van der Waals surface area contributed by atoms with Gasteiger partial charge in [0.2, 0.25) is 0 Å². The summed E-state index contributed by atoms with van der Waals surface area (Å²) in [6.07, 6.45) is 5.54. The fraction of sp³-hybridized carbons (Fsp3) is 0.438. The largest absolute Gasteiger partial charge is 0.468 e. The number of nitrogens with zero attached hydrogens (tertiary/aromatic N) is 2. The van der Waals surface area contributed by atoms with Gasteiger partial charge in [-0.05, 0) is 12.8 Å². The summed E-state index contributed by atoms with van der Waals surface area (Å²) < 4.78 is 5.82. The highest BCUT2D eigenvalue weighted by molar-refractivity contribution is 5.88. The number of aliphatic imine (C=N–C) groups is 1. The van der Waals surface area contributed by atoms with Crippen LogP contribution in [0.25, 0.3) is 10.8 Å². The van der Waals surface area contributed by atoms with Crippen molar-refractivity contribution in [1.82, 2.24) is 4.90 Å². The van der Waals surface area contributed by atoms with Crippen LogP contribution in [0.3, 0.4) is 0 Å². The van der Waals surface area contributed by atoms with Crippen LogP contribution in [0.2, 0.25) is 0 Å². The third-order valence-corrected chi connectivity index (χ3v) is 4.30. The molecule has 0 aliphatic carbocycles. The van der Waals surface area contributed by atoms with Crippen molar-refractivity contribution in [2.75, 3.05) is 19.6 Å². The van der Waals surface area contributed by atoms with Crippen molar-refractivity contribution in [2.45, 2.75) is 25.2 Å². The summed E-state index contributed by atoms with van der Waals surface area (Å²) in [6.45, 7) is 3.25. The van der Waals surface area contributed by atoms with Crippen LogP contribution in [0, 0.1) is 0 Å². The zero-order valence-electron chi connectivity index (χ0n) is 11.4. The zero-order valence-corrected chi connectivity index (χ0v) is 12.2. The summed E-state index contributed by atoms with van der Waals surface area (Å²) in [6, 6.07) is 8.41. The van der Waals surface area contributed by atoms with Gasteiger partial charge in [-0.2, -0.15) is 0 Å². The Labute approximate surface area is 125 Å². The summed E-state index contributed by atoms with van der Waals surface area (Å²) in [5.41, 5.74) is 0. The number of hydrogen-bond donors (Lipinski definition) is 0. The molecule has 3 heterocycles. The summed E-state index contributed by atoms with van der Waals surface area (Å²) in [5, 5.41) is 2.46. The summed E-state index contributed by atoms with van der Waals surface area (Å²) in [5.74, 6) is 2.84. The Bertz CT molecular complexity index is 628. The molecule has 20 heavy (non-hydrogen) atoms. The second-order valence-corrected chi connectivity index (χ2v) is 5.54. The zero-order chi connectivity index (χ0) is 12.7. The third-order valence-electron chi connectivity index (χ3n) is 4.30. The van der Waals surface area contributed by atoms with Crippen molar-refractivity contribution in [1.29, 1.82) is 0 Å². The molecule has 1 aromatic carbocycles. The maximum atomic E-state index is 5.82. The van der Waals surface area contributed by atoms with Crippen molar-refractivity contribution in [3.63, 3.8) is 0 Å². The predicted molar refractivity (Wildman–Crippen MR) is 83.9 cm³/mol. The molecule has 0 bridgehead atoms. The van der Waals surface area contributed by atoms with Gasteiger partial charge in [0, 0.05) is 36.2 Å². The number of hydrogen-bond acceptors (Lipinski definition) is 3. The molecular weight excluding hydrogens is 272 g/mol. The molecule has 4 heteroatoms. The minimum Gasteiger partial charge on any atom is -0.468 e. The average Bonchev–Trinajstić information content (AvgIpc) is 3.18. The molecule has 1 unspecified atom stereocenters. The van der Waals surface area contributed by atoms with Crippen molar-refractivity contribution in [3.05, 3.63) is 36.3 Å². The number of fused-ring (bicyclic) bond motifs is 1. The number of benzene rings is 1. The van der Waals surface area contributed by atoms with Crippen molar-refractivity contribution in [2.24, 2.45) is 4.99 Å². The van der Waals surface area contributed by atoms with E-state index in [1.807, 2.05) is 6.26 Å². The molecule has 2 aliphatic rings. The minimum atomic E-state index is 0. The highest BCUT2D eigenvalue weighted by Gasteiger charge is 2.28. The lowest BCUT2D eigenvalue weighted by Gasteiger charge is -2.17. The Kier molecular flexibility index (Phi) is 3.70.